The minimum Gasteiger partial charge on any atom is -0.365 e. The summed E-state index contributed by atoms with van der Waals surface area (Å²) in [5, 5.41) is 3.10. The Morgan fingerprint density at radius 2 is 2.24 bits per heavy atom. The van der Waals surface area contributed by atoms with Crippen molar-refractivity contribution in [2.45, 2.75) is 26.3 Å². The van der Waals surface area contributed by atoms with Gasteiger partial charge in [0.25, 0.3) is 5.56 Å². The standard InChI is InChI=1S/C12H22N4O/c1-4-8-16-10-7-14-11(12(16)17)13-6-5-9-15(2)3/h7,10H,4-6,8-9H2,1-3H3,(H,13,14). The molecule has 0 aliphatic carbocycles. The molecule has 0 fully saturated rings. The molecular formula is C12H22N4O. The Labute approximate surface area is 102 Å². The molecule has 1 aromatic rings. The zero-order chi connectivity index (χ0) is 12.7. The van der Waals surface area contributed by atoms with Crippen LogP contribution in [0.25, 0.3) is 0 Å². The van der Waals surface area contributed by atoms with Crippen LogP contribution >= 0.6 is 0 Å². The molecule has 1 aromatic heterocycles. The van der Waals surface area contributed by atoms with E-state index in [1.165, 1.54) is 0 Å². The maximum Gasteiger partial charge on any atom is 0.293 e. The Hall–Kier alpha value is -1.36. The second-order valence-electron chi connectivity index (χ2n) is 4.36. The van der Waals surface area contributed by atoms with Crippen LogP contribution in [-0.4, -0.2) is 41.6 Å². The molecule has 0 aliphatic rings. The second kappa shape index (κ2) is 7.06. The van der Waals surface area contributed by atoms with Gasteiger partial charge in [-0.15, -0.1) is 0 Å². The maximum atomic E-state index is 11.9. The molecule has 5 nitrogen and oxygen atoms in total. The summed E-state index contributed by atoms with van der Waals surface area (Å²) >= 11 is 0. The van der Waals surface area contributed by atoms with E-state index in [9.17, 15) is 4.79 Å². The molecule has 0 atom stereocenters. The Morgan fingerprint density at radius 3 is 2.88 bits per heavy atom. The third-order valence-electron chi connectivity index (χ3n) is 2.45. The Morgan fingerprint density at radius 1 is 1.47 bits per heavy atom. The summed E-state index contributed by atoms with van der Waals surface area (Å²) in [5.41, 5.74) is -0.0285. The molecular weight excluding hydrogens is 216 g/mol. The smallest absolute Gasteiger partial charge is 0.293 e. The van der Waals surface area contributed by atoms with Crippen molar-refractivity contribution in [3.63, 3.8) is 0 Å². The van der Waals surface area contributed by atoms with Gasteiger partial charge in [-0.1, -0.05) is 6.92 Å². The summed E-state index contributed by atoms with van der Waals surface area (Å²) in [4.78, 5) is 18.1. The Kier molecular flexibility index (Phi) is 5.69. The normalized spacial score (nSPS) is 10.8. The lowest BCUT2D eigenvalue weighted by atomic mass is 10.4. The molecule has 0 aromatic carbocycles. The summed E-state index contributed by atoms with van der Waals surface area (Å²) in [5.74, 6) is 0.458. The van der Waals surface area contributed by atoms with Crippen LogP contribution in [0.15, 0.2) is 17.2 Å². The summed E-state index contributed by atoms with van der Waals surface area (Å²) in [7, 11) is 4.07. The molecule has 0 amide bonds. The van der Waals surface area contributed by atoms with Crippen LogP contribution in [0.2, 0.25) is 0 Å². The fourth-order valence-electron chi connectivity index (χ4n) is 1.59. The third kappa shape index (κ3) is 4.56. The van der Waals surface area contributed by atoms with Gasteiger partial charge in [0.2, 0.25) is 0 Å². The van der Waals surface area contributed by atoms with E-state index in [1.807, 2.05) is 14.1 Å². The molecule has 0 bridgehead atoms. The van der Waals surface area contributed by atoms with Crippen LogP contribution in [0.1, 0.15) is 19.8 Å². The number of aryl methyl sites for hydroxylation is 1. The number of hydrogen-bond donors (Lipinski definition) is 1. The van der Waals surface area contributed by atoms with Gasteiger partial charge in [-0.25, -0.2) is 4.98 Å². The number of rotatable bonds is 7. The molecule has 1 rings (SSSR count). The predicted octanol–water partition coefficient (Wildman–Crippen LogP) is 1.02. The number of anilines is 1. The van der Waals surface area contributed by atoms with E-state index in [0.29, 0.717) is 5.82 Å². The van der Waals surface area contributed by atoms with Crippen molar-refractivity contribution in [1.29, 1.82) is 0 Å². The predicted molar refractivity (Wildman–Crippen MR) is 70.4 cm³/mol. The van der Waals surface area contributed by atoms with Gasteiger partial charge in [0.15, 0.2) is 5.82 Å². The van der Waals surface area contributed by atoms with E-state index in [-0.39, 0.29) is 5.56 Å². The molecule has 1 heterocycles. The Bertz CT molecular complexity index is 386. The van der Waals surface area contributed by atoms with Gasteiger partial charge < -0.3 is 14.8 Å². The summed E-state index contributed by atoms with van der Waals surface area (Å²) < 4.78 is 1.70. The highest BCUT2D eigenvalue weighted by Crippen LogP contribution is 1.95. The average molecular weight is 238 g/mol. The molecule has 0 spiro atoms. The zero-order valence-electron chi connectivity index (χ0n) is 10.9. The van der Waals surface area contributed by atoms with Gasteiger partial charge in [0.1, 0.15) is 0 Å². The van der Waals surface area contributed by atoms with E-state index >= 15 is 0 Å². The van der Waals surface area contributed by atoms with E-state index in [2.05, 4.69) is 22.1 Å². The first-order chi connectivity index (χ1) is 8.15. The number of hydrogen-bond acceptors (Lipinski definition) is 4. The number of aromatic nitrogens is 2. The van der Waals surface area contributed by atoms with Gasteiger partial charge >= 0.3 is 0 Å². The first-order valence-corrected chi connectivity index (χ1v) is 6.09. The SMILES string of the molecule is CCCn1ccnc(NCCCN(C)C)c1=O. The minimum absolute atomic E-state index is 0.0285. The molecule has 0 saturated carbocycles. The fraction of sp³-hybridized carbons (Fsp3) is 0.667. The molecule has 0 aliphatic heterocycles. The largest absolute Gasteiger partial charge is 0.365 e. The van der Waals surface area contributed by atoms with Crippen molar-refractivity contribution < 1.29 is 0 Å². The molecule has 0 unspecified atom stereocenters. The van der Waals surface area contributed by atoms with E-state index in [4.69, 9.17) is 0 Å². The van der Waals surface area contributed by atoms with Crippen LogP contribution in [-0.2, 0) is 6.54 Å². The highest BCUT2D eigenvalue weighted by atomic mass is 16.1. The van der Waals surface area contributed by atoms with Gasteiger partial charge in [-0.3, -0.25) is 4.79 Å². The third-order valence-corrected chi connectivity index (χ3v) is 2.45. The molecule has 1 N–H and O–H groups in total. The first kappa shape index (κ1) is 13.7. The van der Waals surface area contributed by atoms with Crippen molar-refractivity contribution >= 4 is 5.82 Å². The summed E-state index contributed by atoms with van der Waals surface area (Å²) in [6.45, 7) is 4.57. The maximum absolute atomic E-state index is 11.9. The summed E-state index contributed by atoms with van der Waals surface area (Å²) in [6, 6.07) is 0. The number of nitrogens with one attached hydrogen (secondary N) is 1. The van der Waals surface area contributed by atoms with Crippen molar-refractivity contribution in [2.24, 2.45) is 0 Å². The average Bonchev–Trinajstić information content (AvgIpc) is 2.29. The lowest BCUT2D eigenvalue weighted by Crippen LogP contribution is -2.25. The van der Waals surface area contributed by atoms with Crippen LogP contribution < -0.4 is 10.9 Å². The van der Waals surface area contributed by atoms with Crippen LogP contribution in [0.4, 0.5) is 5.82 Å². The highest BCUT2D eigenvalue weighted by molar-refractivity contribution is 5.30. The second-order valence-corrected chi connectivity index (χ2v) is 4.36. The van der Waals surface area contributed by atoms with Crippen molar-refractivity contribution in [2.75, 3.05) is 32.5 Å². The highest BCUT2D eigenvalue weighted by Gasteiger charge is 2.03. The molecule has 96 valence electrons. The van der Waals surface area contributed by atoms with Gasteiger partial charge in [0, 0.05) is 25.5 Å². The number of nitrogens with zero attached hydrogens (tertiary/aromatic N) is 3. The zero-order valence-corrected chi connectivity index (χ0v) is 10.9. The van der Waals surface area contributed by atoms with Crippen molar-refractivity contribution in [1.82, 2.24) is 14.5 Å². The minimum atomic E-state index is -0.0285. The lowest BCUT2D eigenvalue weighted by Gasteiger charge is -2.10. The van der Waals surface area contributed by atoms with E-state index in [0.717, 1.165) is 32.5 Å². The monoisotopic (exact) mass is 238 g/mol. The van der Waals surface area contributed by atoms with Crippen LogP contribution in [0, 0.1) is 0 Å². The molecule has 0 saturated heterocycles. The molecule has 0 radical (unpaired) electrons. The lowest BCUT2D eigenvalue weighted by molar-refractivity contribution is 0.405. The van der Waals surface area contributed by atoms with E-state index < -0.39 is 0 Å². The van der Waals surface area contributed by atoms with Crippen LogP contribution in [0.3, 0.4) is 0 Å². The van der Waals surface area contributed by atoms with Crippen molar-refractivity contribution in [3.8, 4) is 0 Å². The first-order valence-electron chi connectivity index (χ1n) is 6.09. The summed E-state index contributed by atoms with van der Waals surface area (Å²) in [6.07, 6.45) is 5.35. The Balaban J connectivity index is 2.53. The van der Waals surface area contributed by atoms with Crippen molar-refractivity contribution in [3.05, 3.63) is 22.7 Å². The van der Waals surface area contributed by atoms with E-state index in [1.54, 1.807) is 17.0 Å². The van der Waals surface area contributed by atoms with Gasteiger partial charge in [0.05, 0.1) is 0 Å². The topological polar surface area (TPSA) is 50.2 Å². The molecule has 17 heavy (non-hydrogen) atoms. The quantitative estimate of drug-likeness (QED) is 0.720. The fourth-order valence-corrected chi connectivity index (χ4v) is 1.59. The van der Waals surface area contributed by atoms with Gasteiger partial charge in [-0.05, 0) is 33.5 Å². The van der Waals surface area contributed by atoms with Crippen LogP contribution in [0.5, 0.6) is 0 Å². The molecule has 5 heteroatoms. The van der Waals surface area contributed by atoms with Gasteiger partial charge in [-0.2, -0.15) is 0 Å².